The number of benzene rings is 2. The van der Waals surface area contributed by atoms with Crippen molar-refractivity contribution in [1.29, 1.82) is 0 Å². The maximum atomic E-state index is 12.4. The molecule has 1 atom stereocenters. The number of aryl methyl sites for hydroxylation is 1. The van der Waals surface area contributed by atoms with E-state index in [0.717, 1.165) is 11.1 Å². The lowest BCUT2D eigenvalue weighted by atomic mass is 10.1. The van der Waals surface area contributed by atoms with Gasteiger partial charge in [0.2, 0.25) is 9.70 Å². The Bertz CT molecular complexity index is 968. The molecule has 0 aliphatic heterocycles. The number of thiocarbonyl (C=S) groups is 1. The van der Waals surface area contributed by atoms with Gasteiger partial charge < -0.3 is 20.7 Å². The maximum absolute atomic E-state index is 12.4. The van der Waals surface area contributed by atoms with E-state index in [1.165, 1.54) is 25.3 Å². The van der Waals surface area contributed by atoms with Gasteiger partial charge in [0.25, 0.3) is 5.69 Å². The quantitative estimate of drug-likeness (QED) is 0.170. The number of halogens is 3. The molecular weight excluding hydrogens is 487 g/mol. The van der Waals surface area contributed by atoms with Gasteiger partial charge in [-0.3, -0.25) is 14.9 Å². The molecule has 8 nitrogen and oxygen atoms in total. The first-order valence-corrected chi connectivity index (χ1v) is 10.4. The number of anilines is 1. The largest absolute Gasteiger partial charge is 0.496 e. The molecule has 2 rings (SSSR count). The highest BCUT2D eigenvalue weighted by atomic mass is 35.6. The van der Waals surface area contributed by atoms with E-state index in [4.69, 9.17) is 51.8 Å². The highest BCUT2D eigenvalue weighted by molar-refractivity contribution is 7.80. The van der Waals surface area contributed by atoms with Crippen LogP contribution in [0.5, 0.6) is 5.75 Å². The third kappa shape index (κ3) is 7.70. The van der Waals surface area contributed by atoms with Crippen LogP contribution >= 0.6 is 47.0 Å². The minimum atomic E-state index is -1.96. The number of methoxy groups -OCH3 is 1. The molecule has 0 aliphatic rings. The van der Waals surface area contributed by atoms with Crippen LogP contribution in [0.15, 0.2) is 42.5 Å². The van der Waals surface area contributed by atoms with Crippen molar-refractivity contribution in [3.63, 3.8) is 0 Å². The molecule has 2 aromatic carbocycles. The lowest BCUT2D eigenvalue weighted by Crippen LogP contribution is -2.56. The van der Waals surface area contributed by atoms with Crippen LogP contribution < -0.4 is 20.7 Å². The molecule has 31 heavy (non-hydrogen) atoms. The van der Waals surface area contributed by atoms with Crippen molar-refractivity contribution in [1.82, 2.24) is 10.6 Å². The zero-order chi connectivity index (χ0) is 23.2. The molecule has 0 saturated heterocycles. The van der Waals surface area contributed by atoms with Crippen LogP contribution in [0.1, 0.15) is 11.1 Å². The van der Waals surface area contributed by atoms with E-state index in [1.807, 2.05) is 31.2 Å². The zero-order valence-corrected chi connectivity index (χ0v) is 19.5. The van der Waals surface area contributed by atoms with Crippen molar-refractivity contribution < 1.29 is 14.5 Å². The number of hydrogen-bond acceptors (Lipinski definition) is 5. The van der Waals surface area contributed by atoms with Crippen molar-refractivity contribution in [2.45, 2.75) is 23.3 Å². The smallest absolute Gasteiger partial charge is 0.296 e. The molecule has 0 spiro atoms. The Labute approximate surface area is 199 Å². The Kier molecular flexibility index (Phi) is 8.69. The highest BCUT2D eigenvalue weighted by Gasteiger charge is 2.34. The van der Waals surface area contributed by atoms with Gasteiger partial charge in [-0.25, -0.2) is 0 Å². The summed E-state index contributed by atoms with van der Waals surface area (Å²) in [6.07, 6.45) is -1.14. The van der Waals surface area contributed by atoms with Crippen LogP contribution in [0.2, 0.25) is 0 Å². The Balaban J connectivity index is 2.09. The fraction of sp³-hybridized carbons (Fsp3) is 0.263. The van der Waals surface area contributed by atoms with Gasteiger partial charge >= 0.3 is 0 Å². The number of amides is 1. The first-order valence-electron chi connectivity index (χ1n) is 8.81. The number of carbonyl (C=O) groups excluding carboxylic acids is 1. The molecule has 0 radical (unpaired) electrons. The fourth-order valence-electron chi connectivity index (χ4n) is 2.49. The molecule has 166 valence electrons. The first-order chi connectivity index (χ1) is 14.5. The van der Waals surface area contributed by atoms with Crippen LogP contribution in [0.4, 0.5) is 11.4 Å². The third-order valence-electron chi connectivity index (χ3n) is 4.04. The minimum absolute atomic E-state index is 0.0589. The average Bonchev–Trinajstić information content (AvgIpc) is 2.68. The molecule has 0 aromatic heterocycles. The highest BCUT2D eigenvalue weighted by Crippen LogP contribution is 2.31. The molecule has 3 N–H and O–H groups in total. The van der Waals surface area contributed by atoms with Gasteiger partial charge in [0.1, 0.15) is 17.6 Å². The van der Waals surface area contributed by atoms with E-state index in [2.05, 4.69) is 16.0 Å². The van der Waals surface area contributed by atoms with E-state index >= 15 is 0 Å². The van der Waals surface area contributed by atoms with Crippen LogP contribution in [0.25, 0.3) is 0 Å². The lowest BCUT2D eigenvalue weighted by Gasteiger charge is -2.27. The van der Waals surface area contributed by atoms with Gasteiger partial charge in [0, 0.05) is 0 Å². The Morgan fingerprint density at radius 2 is 1.84 bits per heavy atom. The van der Waals surface area contributed by atoms with Crippen molar-refractivity contribution in [3.05, 3.63) is 63.7 Å². The molecule has 0 aliphatic carbocycles. The van der Waals surface area contributed by atoms with Gasteiger partial charge in [-0.2, -0.15) is 0 Å². The number of carbonyl (C=O) groups is 1. The second kappa shape index (κ2) is 10.8. The maximum Gasteiger partial charge on any atom is 0.296 e. The standard InChI is InChI=1S/C19H19Cl3N4O4S/c1-11-3-5-12(6-4-11)9-16(27)24-17(19(20,21)22)25-18(31)23-14-8-7-13(30-2)10-15(14)26(28)29/h3-8,10,17H,9H2,1-2H3,(H,24,27)(H2,23,25,31). The zero-order valence-electron chi connectivity index (χ0n) is 16.4. The number of nitro groups is 1. The van der Waals surface area contributed by atoms with E-state index in [1.54, 1.807) is 0 Å². The first kappa shape index (κ1) is 24.9. The summed E-state index contributed by atoms with van der Waals surface area (Å²) in [4.78, 5) is 23.1. The topological polar surface area (TPSA) is 106 Å². The summed E-state index contributed by atoms with van der Waals surface area (Å²) in [6, 6.07) is 11.6. The van der Waals surface area contributed by atoms with E-state index in [9.17, 15) is 14.9 Å². The van der Waals surface area contributed by atoms with Gasteiger partial charge in [-0.1, -0.05) is 64.6 Å². The summed E-state index contributed by atoms with van der Waals surface area (Å²) in [5.74, 6) is -0.107. The van der Waals surface area contributed by atoms with Crippen LogP contribution in [-0.2, 0) is 11.2 Å². The molecule has 0 heterocycles. The Hall–Kier alpha value is -2.33. The SMILES string of the molecule is COc1ccc(NC(=S)NC(NC(=O)Cc2ccc(C)cc2)C(Cl)(Cl)Cl)c([N+](=O)[O-])c1. The van der Waals surface area contributed by atoms with Crippen LogP contribution in [-0.4, -0.2) is 33.0 Å². The monoisotopic (exact) mass is 504 g/mol. The molecule has 0 fully saturated rings. The van der Waals surface area contributed by atoms with Crippen molar-refractivity contribution in [3.8, 4) is 5.75 Å². The summed E-state index contributed by atoms with van der Waals surface area (Å²) < 4.78 is 3.03. The second-order valence-corrected chi connectivity index (χ2v) is 9.22. The number of hydrogen-bond donors (Lipinski definition) is 3. The van der Waals surface area contributed by atoms with Crippen molar-refractivity contribution in [2.75, 3.05) is 12.4 Å². The molecule has 0 bridgehead atoms. The third-order valence-corrected chi connectivity index (χ3v) is 4.92. The van der Waals surface area contributed by atoms with Crippen molar-refractivity contribution >= 4 is 69.4 Å². The van der Waals surface area contributed by atoms with Gasteiger partial charge in [-0.15, -0.1) is 0 Å². The molecular formula is C19H19Cl3N4O4S. The molecule has 0 saturated carbocycles. The van der Waals surface area contributed by atoms with E-state index in [-0.39, 0.29) is 22.9 Å². The predicted molar refractivity (Wildman–Crippen MR) is 126 cm³/mol. The number of nitro benzene ring substituents is 1. The van der Waals surface area contributed by atoms with Gasteiger partial charge in [-0.05, 0) is 36.8 Å². The predicted octanol–water partition coefficient (Wildman–Crippen LogP) is 4.25. The summed E-state index contributed by atoms with van der Waals surface area (Å²) in [7, 11) is 1.39. The summed E-state index contributed by atoms with van der Waals surface area (Å²) in [5.41, 5.74) is 1.67. The number of nitrogens with zero attached hydrogens (tertiary/aromatic N) is 1. The Morgan fingerprint density at radius 1 is 1.19 bits per heavy atom. The summed E-state index contributed by atoms with van der Waals surface area (Å²) >= 11 is 23.1. The van der Waals surface area contributed by atoms with Gasteiger partial charge in [0.15, 0.2) is 5.11 Å². The minimum Gasteiger partial charge on any atom is -0.496 e. The second-order valence-electron chi connectivity index (χ2n) is 6.44. The summed E-state index contributed by atoms with van der Waals surface area (Å²) in [6.45, 7) is 1.94. The summed E-state index contributed by atoms with van der Waals surface area (Å²) in [5, 5.41) is 19.1. The molecule has 1 unspecified atom stereocenters. The van der Waals surface area contributed by atoms with E-state index < -0.39 is 20.8 Å². The number of nitrogens with one attached hydrogen (secondary N) is 3. The Morgan fingerprint density at radius 3 is 2.39 bits per heavy atom. The molecule has 12 heteroatoms. The molecule has 1 amide bonds. The van der Waals surface area contributed by atoms with Gasteiger partial charge in [0.05, 0.1) is 24.5 Å². The normalized spacial score (nSPS) is 11.9. The van der Waals surface area contributed by atoms with Crippen LogP contribution in [0.3, 0.4) is 0 Å². The van der Waals surface area contributed by atoms with Crippen molar-refractivity contribution in [2.24, 2.45) is 0 Å². The average molecular weight is 506 g/mol. The molecule has 2 aromatic rings. The van der Waals surface area contributed by atoms with E-state index in [0.29, 0.717) is 5.75 Å². The number of ether oxygens (including phenoxy) is 1. The number of alkyl halides is 3. The lowest BCUT2D eigenvalue weighted by molar-refractivity contribution is -0.384. The van der Waals surface area contributed by atoms with Crippen LogP contribution in [0, 0.1) is 17.0 Å². The number of rotatable bonds is 7. The fourth-order valence-corrected chi connectivity index (χ4v) is 3.04.